The van der Waals surface area contributed by atoms with Gasteiger partial charge in [0.05, 0.1) is 5.39 Å². The number of piperazine rings is 1. The smallest absolute Gasteiger partial charge is 0.256 e. The third kappa shape index (κ3) is 3.72. The Morgan fingerprint density at radius 3 is 2.50 bits per heavy atom. The molecule has 3 heterocycles. The maximum Gasteiger partial charge on any atom is 0.256 e. The normalized spacial score (nSPS) is 15.4. The van der Waals surface area contributed by atoms with Gasteiger partial charge in [0.1, 0.15) is 17.0 Å². The summed E-state index contributed by atoms with van der Waals surface area (Å²) in [4.78, 5) is 27.1. The second kappa shape index (κ2) is 7.85. The molecule has 28 heavy (non-hydrogen) atoms. The van der Waals surface area contributed by atoms with Crippen molar-refractivity contribution in [2.45, 2.75) is 19.8 Å². The standard InChI is InChI=1S/C21H25N5OS/c1-14(2)17-12-28-21-18(17)19(22-13-23-21)24-20(27)15-4-6-16(7-5-15)26-10-8-25(3)9-11-26/h4-7,12-14H,8-11H2,1-3H3,(H,22,23,24,27). The third-order valence-corrected chi connectivity index (χ3v) is 6.16. The van der Waals surface area contributed by atoms with E-state index in [-0.39, 0.29) is 5.91 Å². The van der Waals surface area contributed by atoms with E-state index >= 15 is 0 Å². The molecule has 0 saturated carbocycles. The number of nitrogens with one attached hydrogen (secondary N) is 1. The molecule has 1 amide bonds. The molecule has 0 atom stereocenters. The number of hydrogen-bond donors (Lipinski definition) is 1. The Bertz CT molecular complexity index is 974. The minimum Gasteiger partial charge on any atom is -0.369 e. The summed E-state index contributed by atoms with van der Waals surface area (Å²) in [5.74, 6) is 0.784. The van der Waals surface area contributed by atoms with Crippen LogP contribution in [-0.2, 0) is 0 Å². The predicted molar refractivity (Wildman–Crippen MR) is 116 cm³/mol. The molecule has 1 fully saturated rings. The largest absolute Gasteiger partial charge is 0.369 e. The fraction of sp³-hybridized carbons (Fsp3) is 0.381. The number of fused-ring (bicyclic) bond motifs is 1. The van der Waals surface area contributed by atoms with E-state index in [9.17, 15) is 4.79 Å². The van der Waals surface area contributed by atoms with Gasteiger partial charge in [0, 0.05) is 37.4 Å². The molecule has 2 aromatic heterocycles. The third-order valence-electron chi connectivity index (χ3n) is 5.25. The molecule has 6 nitrogen and oxygen atoms in total. The van der Waals surface area contributed by atoms with Crippen LogP contribution in [0.3, 0.4) is 0 Å². The van der Waals surface area contributed by atoms with E-state index in [4.69, 9.17) is 0 Å². The van der Waals surface area contributed by atoms with Crippen LogP contribution in [0.25, 0.3) is 10.2 Å². The average molecular weight is 396 g/mol. The number of hydrogen-bond acceptors (Lipinski definition) is 6. The van der Waals surface area contributed by atoms with E-state index in [1.165, 1.54) is 11.9 Å². The van der Waals surface area contributed by atoms with Crippen molar-refractivity contribution < 1.29 is 4.79 Å². The highest BCUT2D eigenvalue weighted by molar-refractivity contribution is 7.17. The zero-order chi connectivity index (χ0) is 19.7. The van der Waals surface area contributed by atoms with Crippen molar-refractivity contribution in [2.75, 3.05) is 43.4 Å². The molecule has 1 saturated heterocycles. The molecular weight excluding hydrogens is 370 g/mol. The molecule has 0 unspecified atom stereocenters. The second-order valence-corrected chi connectivity index (χ2v) is 8.40. The monoisotopic (exact) mass is 395 g/mol. The molecule has 1 aliphatic rings. The summed E-state index contributed by atoms with van der Waals surface area (Å²) in [5.41, 5.74) is 2.96. The quantitative estimate of drug-likeness (QED) is 0.728. The first-order chi connectivity index (χ1) is 13.5. The van der Waals surface area contributed by atoms with Crippen molar-refractivity contribution in [1.82, 2.24) is 14.9 Å². The SMILES string of the molecule is CC(C)c1csc2ncnc(NC(=O)c3ccc(N4CCN(C)CC4)cc3)c12. The summed E-state index contributed by atoms with van der Waals surface area (Å²) in [6.45, 7) is 8.41. The Hall–Kier alpha value is -2.51. The van der Waals surface area contributed by atoms with E-state index in [0.29, 0.717) is 17.3 Å². The van der Waals surface area contributed by atoms with Gasteiger partial charge in [0.2, 0.25) is 0 Å². The summed E-state index contributed by atoms with van der Waals surface area (Å²) in [6.07, 6.45) is 1.51. The first kappa shape index (κ1) is 18.8. The van der Waals surface area contributed by atoms with Gasteiger partial charge in [-0.2, -0.15) is 0 Å². The molecule has 0 spiro atoms. The predicted octanol–water partition coefficient (Wildman–Crippen LogP) is 3.82. The number of anilines is 2. The number of carbonyl (C=O) groups is 1. The van der Waals surface area contributed by atoms with E-state index in [1.54, 1.807) is 11.3 Å². The zero-order valence-electron chi connectivity index (χ0n) is 16.5. The lowest BCUT2D eigenvalue weighted by molar-refractivity contribution is 0.102. The second-order valence-electron chi connectivity index (χ2n) is 7.54. The topological polar surface area (TPSA) is 61.4 Å². The fourth-order valence-electron chi connectivity index (χ4n) is 3.48. The van der Waals surface area contributed by atoms with Crippen LogP contribution in [-0.4, -0.2) is 54.0 Å². The summed E-state index contributed by atoms with van der Waals surface area (Å²) >= 11 is 1.59. The molecule has 0 bridgehead atoms. The molecule has 7 heteroatoms. The number of benzene rings is 1. The minimum absolute atomic E-state index is 0.147. The van der Waals surface area contributed by atoms with Gasteiger partial charge in [0.25, 0.3) is 5.91 Å². The van der Waals surface area contributed by atoms with Crippen molar-refractivity contribution in [1.29, 1.82) is 0 Å². The van der Waals surface area contributed by atoms with Crippen LogP contribution in [0, 0.1) is 0 Å². The molecule has 3 aromatic rings. The summed E-state index contributed by atoms with van der Waals surface area (Å²) in [5, 5.41) is 6.03. The van der Waals surface area contributed by atoms with Crippen molar-refractivity contribution in [3.63, 3.8) is 0 Å². The van der Waals surface area contributed by atoms with Crippen molar-refractivity contribution in [2.24, 2.45) is 0 Å². The summed E-state index contributed by atoms with van der Waals surface area (Å²) in [6, 6.07) is 7.83. The molecule has 1 aromatic carbocycles. The molecule has 0 aliphatic carbocycles. The Balaban J connectivity index is 1.53. The van der Waals surface area contributed by atoms with Gasteiger partial charge in [-0.3, -0.25) is 4.79 Å². The van der Waals surface area contributed by atoms with Crippen LogP contribution < -0.4 is 10.2 Å². The van der Waals surface area contributed by atoms with E-state index in [2.05, 4.69) is 51.4 Å². The van der Waals surface area contributed by atoms with Gasteiger partial charge >= 0.3 is 0 Å². The van der Waals surface area contributed by atoms with Crippen molar-refractivity contribution in [3.05, 3.63) is 47.1 Å². The Morgan fingerprint density at radius 1 is 1.11 bits per heavy atom. The molecule has 0 radical (unpaired) electrons. The lowest BCUT2D eigenvalue weighted by atomic mass is 10.0. The van der Waals surface area contributed by atoms with Gasteiger partial charge in [-0.15, -0.1) is 11.3 Å². The maximum absolute atomic E-state index is 12.8. The molecule has 4 rings (SSSR count). The Kier molecular flexibility index (Phi) is 5.28. The summed E-state index contributed by atoms with van der Waals surface area (Å²) in [7, 11) is 2.15. The van der Waals surface area contributed by atoms with Gasteiger partial charge < -0.3 is 15.1 Å². The molecule has 146 valence electrons. The highest BCUT2D eigenvalue weighted by atomic mass is 32.1. The first-order valence-corrected chi connectivity index (χ1v) is 10.5. The van der Waals surface area contributed by atoms with Crippen molar-refractivity contribution >= 4 is 39.0 Å². The number of carbonyl (C=O) groups excluding carboxylic acids is 1. The summed E-state index contributed by atoms with van der Waals surface area (Å²) < 4.78 is 0. The maximum atomic E-state index is 12.8. The average Bonchev–Trinajstić information content (AvgIpc) is 3.14. The fourth-order valence-corrected chi connectivity index (χ4v) is 4.55. The van der Waals surface area contributed by atoms with Crippen molar-refractivity contribution in [3.8, 4) is 0 Å². The number of likely N-dealkylation sites (N-methyl/N-ethyl adjacent to an activating group) is 1. The number of amides is 1. The highest BCUT2D eigenvalue weighted by Crippen LogP contribution is 2.34. The van der Waals surface area contributed by atoms with Crippen LogP contribution in [0.4, 0.5) is 11.5 Å². The highest BCUT2D eigenvalue weighted by Gasteiger charge is 2.17. The number of aromatic nitrogens is 2. The Morgan fingerprint density at radius 2 is 1.82 bits per heavy atom. The van der Waals surface area contributed by atoms with Gasteiger partial charge in [0.15, 0.2) is 0 Å². The molecular formula is C21H25N5OS. The first-order valence-electron chi connectivity index (χ1n) is 9.60. The number of rotatable bonds is 4. The van der Waals surface area contributed by atoms with E-state index in [1.807, 2.05) is 24.3 Å². The van der Waals surface area contributed by atoms with E-state index in [0.717, 1.165) is 42.1 Å². The van der Waals surface area contributed by atoms with Crippen LogP contribution in [0.1, 0.15) is 35.7 Å². The van der Waals surface area contributed by atoms with Gasteiger partial charge in [-0.05, 0) is 48.2 Å². The van der Waals surface area contributed by atoms with Crippen LogP contribution in [0.5, 0.6) is 0 Å². The number of thiophene rings is 1. The Labute approximate surface area is 169 Å². The van der Waals surface area contributed by atoms with Gasteiger partial charge in [-0.1, -0.05) is 13.8 Å². The van der Waals surface area contributed by atoms with Crippen LogP contribution in [0.15, 0.2) is 36.0 Å². The number of nitrogens with zero attached hydrogens (tertiary/aromatic N) is 4. The lowest BCUT2D eigenvalue weighted by Gasteiger charge is -2.34. The van der Waals surface area contributed by atoms with Crippen LogP contribution in [0.2, 0.25) is 0 Å². The lowest BCUT2D eigenvalue weighted by Crippen LogP contribution is -2.44. The molecule has 1 N–H and O–H groups in total. The minimum atomic E-state index is -0.147. The van der Waals surface area contributed by atoms with Crippen LogP contribution >= 0.6 is 11.3 Å². The molecule has 1 aliphatic heterocycles. The zero-order valence-corrected chi connectivity index (χ0v) is 17.3. The van der Waals surface area contributed by atoms with E-state index < -0.39 is 0 Å². The van der Waals surface area contributed by atoms with Gasteiger partial charge in [-0.25, -0.2) is 9.97 Å².